The Bertz CT molecular complexity index is 783. The van der Waals surface area contributed by atoms with Crippen molar-refractivity contribution in [2.75, 3.05) is 34.3 Å². The second kappa shape index (κ2) is 9.95. The number of carbonyl (C=O) groups excluding carboxylic acids is 2. The lowest BCUT2D eigenvalue weighted by Crippen LogP contribution is -2.43. The lowest BCUT2D eigenvalue weighted by atomic mass is 9.98. The number of rotatable bonds is 5. The van der Waals surface area contributed by atoms with Crippen LogP contribution in [-0.2, 0) is 14.3 Å². The number of amides is 1. The fraction of sp³-hybridized carbons (Fsp3) is 0.421. The van der Waals surface area contributed by atoms with E-state index in [2.05, 4.69) is 0 Å². The van der Waals surface area contributed by atoms with Crippen molar-refractivity contribution >= 4 is 40.5 Å². The van der Waals surface area contributed by atoms with Crippen LogP contribution in [0.5, 0.6) is 0 Å². The summed E-state index contributed by atoms with van der Waals surface area (Å²) in [4.78, 5) is 39.2. The summed E-state index contributed by atoms with van der Waals surface area (Å²) in [5, 5.41) is 9.27. The first-order valence-corrected chi connectivity index (χ1v) is 9.88. The number of aliphatic carboxylic acids is 1. The fourth-order valence-electron chi connectivity index (χ4n) is 3.04. The third kappa shape index (κ3) is 5.50. The summed E-state index contributed by atoms with van der Waals surface area (Å²) >= 11 is 7.39. The van der Waals surface area contributed by atoms with Crippen molar-refractivity contribution in [2.45, 2.75) is 17.7 Å². The number of piperidine rings is 1. The standard InChI is InChI=1S/C19H23ClN2O5S/c1-21(2)19(26)28-15-8-9-22(11-12(15)10-16(23)24)17(18(25)27-3)13-6-4-5-7-14(13)20/h4-7,10,15,17H,8-9,11H2,1-3H3,(H,23,24)/b12-10+/t15?,17-/m0/s1. The molecule has 1 N–H and O–H groups in total. The Hall–Kier alpha value is -2.03. The number of nitrogens with zero attached hydrogens (tertiary/aromatic N) is 2. The van der Waals surface area contributed by atoms with Gasteiger partial charge in [-0.25, -0.2) is 9.59 Å². The molecule has 1 unspecified atom stereocenters. The van der Waals surface area contributed by atoms with Crippen molar-refractivity contribution in [2.24, 2.45) is 0 Å². The maximum atomic E-state index is 12.5. The molecule has 0 spiro atoms. The van der Waals surface area contributed by atoms with Gasteiger partial charge in [0.25, 0.3) is 5.24 Å². The van der Waals surface area contributed by atoms with Crippen LogP contribution in [0.15, 0.2) is 35.9 Å². The number of benzene rings is 1. The largest absolute Gasteiger partial charge is 0.478 e. The van der Waals surface area contributed by atoms with Crippen molar-refractivity contribution in [3.05, 3.63) is 46.5 Å². The summed E-state index contributed by atoms with van der Waals surface area (Å²) < 4.78 is 4.97. The zero-order valence-electron chi connectivity index (χ0n) is 15.9. The van der Waals surface area contributed by atoms with Crippen LogP contribution in [0.25, 0.3) is 0 Å². The van der Waals surface area contributed by atoms with Gasteiger partial charge >= 0.3 is 11.9 Å². The summed E-state index contributed by atoms with van der Waals surface area (Å²) in [6, 6.07) is 6.24. The van der Waals surface area contributed by atoms with Crippen LogP contribution in [-0.4, -0.2) is 71.6 Å². The van der Waals surface area contributed by atoms with E-state index in [0.717, 1.165) is 17.8 Å². The summed E-state index contributed by atoms with van der Waals surface area (Å²) in [5.41, 5.74) is 1.17. The van der Waals surface area contributed by atoms with Crippen LogP contribution in [0.1, 0.15) is 18.0 Å². The molecule has 1 aliphatic heterocycles. The van der Waals surface area contributed by atoms with Crippen molar-refractivity contribution in [1.29, 1.82) is 0 Å². The number of methoxy groups -OCH3 is 1. The van der Waals surface area contributed by atoms with Crippen LogP contribution >= 0.6 is 23.4 Å². The molecule has 0 saturated carbocycles. The maximum absolute atomic E-state index is 12.5. The Morgan fingerprint density at radius 2 is 2.04 bits per heavy atom. The molecular weight excluding hydrogens is 404 g/mol. The van der Waals surface area contributed by atoms with Crippen LogP contribution in [0, 0.1) is 0 Å². The molecule has 152 valence electrons. The topological polar surface area (TPSA) is 87.2 Å². The van der Waals surface area contributed by atoms with E-state index < -0.39 is 18.0 Å². The highest BCUT2D eigenvalue weighted by atomic mass is 35.5. The van der Waals surface area contributed by atoms with E-state index in [0.29, 0.717) is 29.1 Å². The zero-order chi connectivity index (χ0) is 20.8. The Labute approximate surface area is 173 Å². The molecular formula is C19H23ClN2O5S. The summed E-state index contributed by atoms with van der Waals surface area (Å²) in [7, 11) is 4.60. The van der Waals surface area contributed by atoms with E-state index in [1.807, 2.05) is 4.90 Å². The lowest BCUT2D eigenvalue weighted by molar-refractivity contribution is -0.147. The Morgan fingerprint density at radius 3 is 2.61 bits per heavy atom. The molecule has 0 radical (unpaired) electrons. The van der Waals surface area contributed by atoms with E-state index in [1.54, 1.807) is 38.4 Å². The molecule has 2 rings (SSSR count). The number of halogens is 1. The highest BCUT2D eigenvalue weighted by Gasteiger charge is 2.36. The maximum Gasteiger partial charge on any atom is 0.328 e. The minimum Gasteiger partial charge on any atom is -0.478 e. The van der Waals surface area contributed by atoms with E-state index in [4.69, 9.17) is 16.3 Å². The second-order valence-corrected chi connectivity index (χ2v) is 8.09. The molecule has 1 saturated heterocycles. The molecule has 1 amide bonds. The van der Waals surface area contributed by atoms with Crippen molar-refractivity contribution < 1.29 is 24.2 Å². The quantitative estimate of drug-likeness (QED) is 0.571. The third-order valence-corrected chi connectivity index (χ3v) is 6.12. The van der Waals surface area contributed by atoms with Crippen LogP contribution in [0.4, 0.5) is 4.79 Å². The number of carboxylic acid groups (broad SMARTS) is 1. The van der Waals surface area contributed by atoms with E-state index >= 15 is 0 Å². The molecule has 1 fully saturated rings. The molecule has 7 nitrogen and oxygen atoms in total. The van der Waals surface area contributed by atoms with Crippen LogP contribution in [0.3, 0.4) is 0 Å². The summed E-state index contributed by atoms with van der Waals surface area (Å²) in [6.45, 7) is 0.704. The van der Waals surface area contributed by atoms with E-state index in [-0.39, 0.29) is 17.0 Å². The molecule has 1 aromatic carbocycles. The minimum atomic E-state index is -1.09. The average Bonchev–Trinajstić information content (AvgIpc) is 2.64. The van der Waals surface area contributed by atoms with Crippen LogP contribution in [0.2, 0.25) is 5.02 Å². The van der Waals surface area contributed by atoms with E-state index in [9.17, 15) is 19.5 Å². The van der Waals surface area contributed by atoms with Gasteiger partial charge in [-0.1, -0.05) is 41.6 Å². The molecule has 0 bridgehead atoms. The number of hydrogen-bond acceptors (Lipinski definition) is 6. The van der Waals surface area contributed by atoms with Crippen molar-refractivity contribution in [3.63, 3.8) is 0 Å². The van der Waals surface area contributed by atoms with Gasteiger partial charge in [-0.05, 0) is 23.6 Å². The van der Waals surface area contributed by atoms with Gasteiger partial charge in [-0.15, -0.1) is 0 Å². The highest BCUT2D eigenvalue weighted by molar-refractivity contribution is 8.14. The van der Waals surface area contributed by atoms with Crippen molar-refractivity contribution in [3.8, 4) is 0 Å². The number of esters is 1. The first-order chi connectivity index (χ1) is 13.2. The monoisotopic (exact) mass is 426 g/mol. The third-order valence-electron chi connectivity index (χ3n) is 4.38. The Morgan fingerprint density at radius 1 is 1.36 bits per heavy atom. The van der Waals surface area contributed by atoms with Gasteiger partial charge in [-0.3, -0.25) is 9.69 Å². The second-order valence-electron chi connectivity index (χ2n) is 6.53. The number of carboxylic acids is 1. The number of thioether (sulfide) groups is 1. The summed E-state index contributed by atoms with van der Waals surface area (Å²) in [5.74, 6) is -1.56. The van der Waals surface area contributed by atoms with Gasteiger partial charge in [0.1, 0.15) is 6.04 Å². The van der Waals surface area contributed by atoms with Gasteiger partial charge in [0, 0.05) is 43.5 Å². The smallest absolute Gasteiger partial charge is 0.328 e. The number of likely N-dealkylation sites (tertiary alicyclic amines) is 1. The first-order valence-electron chi connectivity index (χ1n) is 8.62. The molecule has 1 aliphatic rings. The zero-order valence-corrected chi connectivity index (χ0v) is 17.5. The first kappa shape index (κ1) is 22.3. The Kier molecular flexibility index (Phi) is 7.91. The fourth-order valence-corrected chi connectivity index (χ4v) is 4.25. The predicted octanol–water partition coefficient (Wildman–Crippen LogP) is 3.05. The number of carbonyl (C=O) groups is 3. The molecule has 0 aliphatic carbocycles. The molecule has 9 heteroatoms. The van der Waals surface area contributed by atoms with Gasteiger partial charge in [0.15, 0.2) is 0 Å². The lowest BCUT2D eigenvalue weighted by Gasteiger charge is -2.38. The average molecular weight is 427 g/mol. The van der Waals surface area contributed by atoms with Gasteiger partial charge < -0.3 is 14.7 Å². The molecule has 1 aromatic rings. The molecule has 1 heterocycles. The van der Waals surface area contributed by atoms with Gasteiger partial charge in [0.2, 0.25) is 0 Å². The molecule has 28 heavy (non-hydrogen) atoms. The number of ether oxygens (including phenoxy) is 1. The predicted molar refractivity (Wildman–Crippen MR) is 109 cm³/mol. The number of hydrogen-bond donors (Lipinski definition) is 1. The molecule has 2 atom stereocenters. The van der Waals surface area contributed by atoms with E-state index in [1.165, 1.54) is 12.0 Å². The SMILES string of the molecule is COC(=O)[C@H](c1ccccc1Cl)N1CCC(SC(=O)N(C)C)/C(=C/C(=O)O)C1. The summed E-state index contributed by atoms with van der Waals surface area (Å²) in [6.07, 6.45) is 1.63. The van der Waals surface area contributed by atoms with Gasteiger partial charge in [-0.2, -0.15) is 0 Å². The van der Waals surface area contributed by atoms with Gasteiger partial charge in [0.05, 0.1) is 7.11 Å². The Balaban J connectivity index is 2.33. The molecule has 0 aromatic heterocycles. The van der Waals surface area contributed by atoms with Crippen LogP contribution < -0.4 is 0 Å². The minimum absolute atomic E-state index is 0.148. The highest BCUT2D eigenvalue weighted by Crippen LogP contribution is 2.35. The normalized spacial score (nSPS) is 19.9. The van der Waals surface area contributed by atoms with Crippen molar-refractivity contribution in [1.82, 2.24) is 9.80 Å².